The lowest BCUT2D eigenvalue weighted by Gasteiger charge is -2.17. The highest BCUT2D eigenvalue weighted by molar-refractivity contribution is 6.07. The number of amides is 1. The van der Waals surface area contributed by atoms with Crippen molar-refractivity contribution in [2.24, 2.45) is 0 Å². The molecule has 4 heteroatoms. The van der Waals surface area contributed by atoms with Crippen LogP contribution in [0.1, 0.15) is 21.7 Å². The Morgan fingerprint density at radius 2 is 1.63 bits per heavy atom. The maximum absolute atomic E-state index is 12.9. The highest BCUT2D eigenvalue weighted by Gasteiger charge is 2.16. The number of carbonyl (C=O) groups is 1. The van der Waals surface area contributed by atoms with Crippen molar-refractivity contribution in [2.45, 2.75) is 13.8 Å². The van der Waals surface area contributed by atoms with E-state index in [0.29, 0.717) is 5.56 Å². The van der Waals surface area contributed by atoms with Gasteiger partial charge in [-0.1, -0.05) is 35.9 Å². The maximum atomic E-state index is 12.9. The highest BCUT2D eigenvalue weighted by atomic mass is 16.2. The number of aryl methyl sites for hydroxylation is 2. The van der Waals surface area contributed by atoms with Crippen molar-refractivity contribution in [2.75, 3.05) is 11.9 Å². The van der Waals surface area contributed by atoms with Gasteiger partial charge in [-0.25, -0.2) is 4.98 Å². The molecule has 0 radical (unpaired) electrons. The lowest BCUT2D eigenvalue weighted by molar-refractivity contribution is 0.0993. The number of nitrogens with zero attached hydrogens (tertiary/aromatic N) is 3. The zero-order chi connectivity index (χ0) is 19.0. The van der Waals surface area contributed by atoms with Gasteiger partial charge in [0.1, 0.15) is 5.82 Å². The van der Waals surface area contributed by atoms with Crippen molar-refractivity contribution in [3.63, 3.8) is 0 Å². The molecule has 0 unspecified atom stereocenters. The van der Waals surface area contributed by atoms with Gasteiger partial charge in [0.25, 0.3) is 5.91 Å². The fourth-order valence-electron chi connectivity index (χ4n) is 3.32. The molecule has 0 aliphatic rings. The van der Waals surface area contributed by atoms with Crippen LogP contribution in [0.5, 0.6) is 0 Å². The molecule has 4 aromatic rings. The molecule has 134 valence electrons. The molecule has 0 saturated carbocycles. The summed E-state index contributed by atoms with van der Waals surface area (Å²) in [6.07, 6.45) is 0. The van der Waals surface area contributed by atoms with Crippen LogP contribution < -0.4 is 4.90 Å². The number of imidazole rings is 1. The third-order valence-electron chi connectivity index (χ3n) is 4.81. The number of rotatable bonds is 3. The fraction of sp³-hybridized carbons (Fsp3) is 0.130. The van der Waals surface area contributed by atoms with Crippen LogP contribution in [-0.4, -0.2) is 22.5 Å². The minimum atomic E-state index is -0.0485. The summed E-state index contributed by atoms with van der Waals surface area (Å²) in [5.74, 6) is 0.848. The summed E-state index contributed by atoms with van der Waals surface area (Å²) in [6, 6.07) is 23.8. The highest BCUT2D eigenvalue weighted by Crippen LogP contribution is 2.24. The predicted octanol–water partition coefficient (Wildman–Crippen LogP) is 4.92. The minimum Gasteiger partial charge on any atom is -0.311 e. The van der Waals surface area contributed by atoms with E-state index in [1.165, 1.54) is 5.56 Å². The van der Waals surface area contributed by atoms with Gasteiger partial charge in [0, 0.05) is 24.0 Å². The number of benzene rings is 3. The van der Waals surface area contributed by atoms with Crippen LogP contribution in [0.15, 0.2) is 72.8 Å². The summed E-state index contributed by atoms with van der Waals surface area (Å²) in [4.78, 5) is 19.3. The number of aromatic nitrogens is 2. The summed E-state index contributed by atoms with van der Waals surface area (Å²) in [7, 11) is 1.80. The van der Waals surface area contributed by atoms with Gasteiger partial charge in [-0.15, -0.1) is 0 Å². The van der Waals surface area contributed by atoms with Gasteiger partial charge in [0.2, 0.25) is 0 Å². The molecule has 27 heavy (non-hydrogen) atoms. The van der Waals surface area contributed by atoms with E-state index < -0.39 is 0 Å². The molecule has 0 fully saturated rings. The van der Waals surface area contributed by atoms with Crippen molar-refractivity contribution in [3.05, 3.63) is 89.7 Å². The van der Waals surface area contributed by atoms with Gasteiger partial charge in [0.05, 0.1) is 11.0 Å². The molecule has 1 heterocycles. The fourth-order valence-corrected chi connectivity index (χ4v) is 3.32. The van der Waals surface area contributed by atoms with E-state index in [1.807, 2.05) is 74.5 Å². The van der Waals surface area contributed by atoms with Gasteiger partial charge >= 0.3 is 0 Å². The normalized spacial score (nSPS) is 10.9. The Morgan fingerprint density at radius 1 is 0.926 bits per heavy atom. The molecular weight excluding hydrogens is 334 g/mol. The van der Waals surface area contributed by atoms with E-state index in [2.05, 4.69) is 21.7 Å². The molecule has 4 nitrogen and oxygen atoms in total. The summed E-state index contributed by atoms with van der Waals surface area (Å²) >= 11 is 0. The summed E-state index contributed by atoms with van der Waals surface area (Å²) in [6.45, 7) is 4.01. The Bertz CT molecular complexity index is 1110. The lowest BCUT2D eigenvalue weighted by atomic mass is 10.1. The first-order chi connectivity index (χ1) is 13.0. The number of anilines is 1. The van der Waals surface area contributed by atoms with Gasteiger partial charge in [-0.3, -0.25) is 9.36 Å². The standard InChI is InChI=1S/C23H21N3O/c1-16-9-12-19(13-10-16)25(3)23(27)18-11-14-22-21(15-18)24-17(2)26(22)20-7-5-4-6-8-20/h4-15H,1-3H3. The average molecular weight is 355 g/mol. The second-order valence-electron chi connectivity index (χ2n) is 6.73. The van der Waals surface area contributed by atoms with Crippen LogP contribution in [0.3, 0.4) is 0 Å². The number of para-hydroxylation sites is 1. The molecule has 3 aromatic carbocycles. The number of hydrogen-bond donors (Lipinski definition) is 0. The SMILES string of the molecule is Cc1ccc(N(C)C(=O)c2ccc3c(c2)nc(C)n3-c2ccccc2)cc1. The second-order valence-corrected chi connectivity index (χ2v) is 6.73. The smallest absolute Gasteiger partial charge is 0.258 e. The van der Waals surface area contributed by atoms with E-state index in [1.54, 1.807) is 11.9 Å². The predicted molar refractivity (Wildman–Crippen MR) is 110 cm³/mol. The van der Waals surface area contributed by atoms with Crippen LogP contribution in [0, 0.1) is 13.8 Å². The van der Waals surface area contributed by atoms with Crippen molar-refractivity contribution >= 4 is 22.6 Å². The van der Waals surface area contributed by atoms with Gasteiger partial charge in [0.15, 0.2) is 0 Å². The second kappa shape index (κ2) is 6.72. The Kier molecular flexibility index (Phi) is 4.24. The minimum absolute atomic E-state index is 0.0485. The van der Waals surface area contributed by atoms with E-state index in [9.17, 15) is 4.79 Å². The number of fused-ring (bicyclic) bond motifs is 1. The molecule has 4 rings (SSSR count). The largest absolute Gasteiger partial charge is 0.311 e. The molecule has 1 amide bonds. The quantitative estimate of drug-likeness (QED) is 0.523. The molecule has 0 spiro atoms. The first-order valence-electron chi connectivity index (χ1n) is 8.94. The van der Waals surface area contributed by atoms with Gasteiger partial charge < -0.3 is 4.90 Å². The Labute approximate surface area is 158 Å². The Morgan fingerprint density at radius 3 is 2.33 bits per heavy atom. The molecule has 0 bridgehead atoms. The van der Waals surface area contributed by atoms with Crippen molar-refractivity contribution in [3.8, 4) is 5.69 Å². The van der Waals surface area contributed by atoms with E-state index in [4.69, 9.17) is 0 Å². The van der Waals surface area contributed by atoms with Crippen LogP contribution in [0.2, 0.25) is 0 Å². The summed E-state index contributed by atoms with van der Waals surface area (Å²) in [5, 5.41) is 0. The maximum Gasteiger partial charge on any atom is 0.258 e. The average Bonchev–Trinajstić information content (AvgIpc) is 3.03. The first-order valence-corrected chi connectivity index (χ1v) is 8.94. The van der Waals surface area contributed by atoms with Crippen molar-refractivity contribution in [1.82, 2.24) is 9.55 Å². The molecular formula is C23H21N3O. The van der Waals surface area contributed by atoms with Crippen molar-refractivity contribution < 1.29 is 4.79 Å². The van der Waals surface area contributed by atoms with Gasteiger partial charge in [-0.2, -0.15) is 0 Å². The Hall–Kier alpha value is -3.40. The molecule has 0 aliphatic carbocycles. The molecule has 0 saturated heterocycles. The third-order valence-corrected chi connectivity index (χ3v) is 4.81. The number of hydrogen-bond acceptors (Lipinski definition) is 2. The van der Waals surface area contributed by atoms with E-state index in [0.717, 1.165) is 28.2 Å². The van der Waals surface area contributed by atoms with E-state index >= 15 is 0 Å². The molecule has 0 N–H and O–H groups in total. The zero-order valence-electron chi connectivity index (χ0n) is 15.7. The van der Waals surface area contributed by atoms with Crippen molar-refractivity contribution in [1.29, 1.82) is 0 Å². The molecule has 1 aromatic heterocycles. The zero-order valence-corrected chi connectivity index (χ0v) is 15.7. The van der Waals surface area contributed by atoms with Crippen LogP contribution in [0.4, 0.5) is 5.69 Å². The monoisotopic (exact) mass is 355 g/mol. The van der Waals surface area contributed by atoms with Crippen LogP contribution in [-0.2, 0) is 0 Å². The summed E-state index contributed by atoms with van der Waals surface area (Å²) < 4.78 is 2.10. The Balaban J connectivity index is 1.72. The number of carbonyl (C=O) groups excluding carboxylic acids is 1. The van der Waals surface area contributed by atoms with E-state index in [-0.39, 0.29) is 5.91 Å². The van der Waals surface area contributed by atoms with Crippen LogP contribution in [0.25, 0.3) is 16.7 Å². The first kappa shape index (κ1) is 17.0. The lowest BCUT2D eigenvalue weighted by Crippen LogP contribution is -2.26. The topological polar surface area (TPSA) is 38.1 Å². The van der Waals surface area contributed by atoms with Crippen LogP contribution >= 0.6 is 0 Å². The molecule has 0 atom stereocenters. The van der Waals surface area contributed by atoms with Gasteiger partial charge in [-0.05, 0) is 56.3 Å². The molecule has 0 aliphatic heterocycles. The third kappa shape index (κ3) is 3.10. The summed E-state index contributed by atoms with van der Waals surface area (Å²) in [5.41, 5.74) is 5.55.